The lowest BCUT2D eigenvalue weighted by molar-refractivity contribution is 1.70. The molecule has 2 unspecified atom stereocenters. The zero-order valence-electron chi connectivity index (χ0n) is 3.02. The normalized spacial score (nSPS) is 8.60. The first-order chi connectivity index (χ1) is 2.27. The first-order valence-corrected chi connectivity index (χ1v) is 2.74. The third-order valence-electron chi connectivity index (χ3n) is 0.272. The highest BCUT2D eigenvalue weighted by molar-refractivity contribution is 7.38. The Labute approximate surface area is 37.4 Å². The Hall–Kier alpha value is 0.600. The van der Waals surface area contributed by atoms with Crippen LogP contribution in [-0.2, 0) is 0 Å². The molecule has 0 heterocycles. The third kappa shape index (κ3) is 4.60. The van der Waals surface area contributed by atoms with Crippen molar-refractivity contribution in [3.8, 4) is 0 Å². The lowest BCUT2D eigenvalue weighted by Gasteiger charge is -1.84. The third-order valence-corrected chi connectivity index (χ3v) is 0.816. The Balaban J connectivity index is 2.83. The van der Waals surface area contributed by atoms with Gasteiger partial charge in [-0.25, -0.2) is 0 Å². The molecule has 0 aromatic rings. The van der Waals surface area contributed by atoms with Crippen molar-refractivity contribution >= 4 is 18.5 Å². The van der Waals surface area contributed by atoms with Gasteiger partial charge in [0.1, 0.15) is 0 Å². The molecule has 2 heteroatoms. The molecule has 0 aromatic carbocycles. The first kappa shape index (κ1) is 5.60. The summed E-state index contributed by atoms with van der Waals surface area (Å²) in [5, 5.41) is 0.481. The molecule has 0 aromatic heterocycles. The van der Waals surface area contributed by atoms with Gasteiger partial charge in [0.15, 0.2) is 0 Å². The Bertz CT molecular complexity index is 31.9. The fourth-order valence-corrected chi connectivity index (χ4v) is 0. The minimum atomic E-state index is 0.481. The summed E-state index contributed by atoms with van der Waals surface area (Å²) in [5.41, 5.74) is 0. The molecule has 0 aliphatic carbocycles. The molecule has 0 nitrogen and oxygen atoms in total. The summed E-state index contributed by atoms with van der Waals surface area (Å²) in [6.07, 6.45) is 1.84. The van der Waals surface area contributed by atoms with E-state index < -0.39 is 0 Å². The maximum Gasteiger partial charge on any atom is 0.00555 e. The Morgan fingerprint density at radius 3 is 1.80 bits per heavy atom. The number of rotatable bonds is 1. The summed E-state index contributed by atoms with van der Waals surface area (Å²) in [6.45, 7) is 3.52. The Morgan fingerprint density at radius 2 is 1.80 bits per heavy atom. The van der Waals surface area contributed by atoms with Gasteiger partial charge in [-0.3, -0.25) is 0 Å². The minimum Gasteiger partial charge on any atom is -0.126 e. The zero-order chi connectivity index (χ0) is 4.28. The molecular weight excluding hydrogens is 98.0 g/mol. The second-order valence-corrected chi connectivity index (χ2v) is 3.12. The van der Waals surface area contributed by atoms with Crippen molar-refractivity contribution in [1.82, 2.24) is 0 Å². The number of hydrogen-bond acceptors (Lipinski definition) is 0. The van der Waals surface area contributed by atoms with E-state index in [1.54, 1.807) is 0 Å². The number of hydrogen-bond donors (Lipinski definition) is 0. The second-order valence-electron chi connectivity index (χ2n) is 0.813. The molecule has 0 aliphatic rings. The summed E-state index contributed by atoms with van der Waals surface area (Å²) in [6, 6.07) is 0. The van der Waals surface area contributed by atoms with E-state index in [0.717, 1.165) is 0 Å². The van der Waals surface area contributed by atoms with Crippen molar-refractivity contribution < 1.29 is 0 Å². The van der Waals surface area contributed by atoms with Gasteiger partial charge >= 0.3 is 0 Å². The summed E-state index contributed by atoms with van der Waals surface area (Å²) in [4.78, 5) is 0. The molecule has 0 rings (SSSR count). The van der Waals surface area contributed by atoms with E-state index >= 15 is 0 Å². The van der Waals surface area contributed by atoms with Gasteiger partial charge in [0.2, 0.25) is 0 Å². The maximum atomic E-state index is 3.52. The Morgan fingerprint density at radius 1 is 1.60 bits per heavy atom. The van der Waals surface area contributed by atoms with Crippen LogP contribution in [0.5, 0.6) is 0 Å². The Kier molecular flexibility index (Phi) is 3.16. The molecule has 0 spiro atoms. The van der Waals surface area contributed by atoms with Gasteiger partial charge in [-0.15, -0.1) is 25.1 Å². The van der Waals surface area contributed by atoms with Gasteiger partial charge in [-0.05, 0) is 0 Å². The van der Waals surface area contributed by atoms with Crippen LogP contribution in [0, 0.1) is 0 Å². The number of allylic oxidation sites excluding steroid dienone is 1. The van der Waals surface area contributed by atoms with Gasteiger partial charge in [-0.1, -0.05) is 6.08 Å². The van der Waals surface area contributed by atoms with Crippen molar-refractivity contribution in [3.05, 3.63) is 12.7 Å². The largest absolute Gasteiger partial charge is 0.126 e. The molecule has 0 N–H and O–H groups in total. The van der Waals surface area contributed by atoms with E-state index in [2.05, 4.69) is 25.1 Å². The van der Waals surface area contributed by atoms with E-state index in [1.165, 1.54) is 0 Å². The van der Waals surface area contributed by atoms with Crippen LogP contribution in [0.3, 0.4) is 0 Å². The monoisotopic (exact) mass is 106 g/mol. The topological polar surface area (TPSA) is 0 Å². The fraction of sp³-hybridized carbons (Fsp3) is 0.333. The van der Waals surface area contributed by atoms with E-state index in [4.69, 9.17) is 0 Å². The molecule has 0 bridgehead atoms. The van der Waals surface area contributed by atoms with Crippen molar-refractivity contribution in [3.63, 3.8) is 0 Å². The van der Waals surface area contributed by atoms with Crippen LogP contribution in [0.25, 0.3) is 0 Å². The first-order valence-electron chi connectivity index (χ1n) is 1.41. The van der Waals surface area contributed by atoms with Crippen LogP contribution in [0.2, 0.25) is 0 Å². The van der Waals surface area contributed by atoms with Gasteiger partial charge in [-0.2, -0.15) is 0 Å². The van der Waals surface area contributed by atoms with Crippen molar-refractivity contribution in [1.29, 1.82) is 0 Å². The van der Waals surface area contributed by atoms with Crippen LogP contribution in [-0.4, -0.2) is 5.40 Å². The molecular formula is C3H8P2. The molecule has 0 fully saturated rings. The predicted molar refractivity (Wildman–Crippen MR) is 33.4 cm³/mol. The van der Waals surface area contributed by atoms with Gasteiger partial charge in [0.05, 0.1) is 0 Å². The average molecular weight is 106 g/mol. The van der Waals surface area contributed by atoms with E-state index in [0.29, 0.717) is 5.40 Å². The van der Waals surface area contributed by atoms with Gasteiger partial charge in [0.25, 0.3) is 0 Å². The summed E-state index contributed by atoms with van der Waals surface area (Å²) < 4.78 is 0. The lowest BCUT2D eigenvalue weighted by atomic mass is 10.8. The predicted octanol–water partition coefficient (Wildman–Crippen LogP) is 1.25. The van der Waals surface area contributed by atoms with Gasteiger partial charge < -0.3 is 0 Å². The lowest BCUT2D eigenvalue weighted by Crippen LogP contribution is -1.65. The van der Waals surface area contributed by atoms with Crippen LogP contribution in [0.1, 0.15) is 0 Å². The highest BCUT2D eigenvalue weighted by Crippen LogP contribution is 2.07. The van der Waals surface area contributed by atoms with Crippen molar-refractivity contribution in [2.45, 2.75) is 5.40 Å². The molecule has 30 valence electrons. The fourth-order valence-electron chi connectivity index (χ4n) is 0. The van der Waals surface area contributed by atoms with Crippen molar-refractivity contribution in [2.24, 2.45) is 0 Å². The van der Waals surface area contributed by atoms with E-state index in [1.807, 2.05) is 6.08 Å². The zero-order valence-corrected chi connectivity index (χ0v) is 5.33. The highest BCUT2D eigenvalue weighted by atomic mass is 31.1. The summed E-state index contributed by atoms with van der Waals surface area (Å²) >= 11 is 0. The van der Waals surface area contributed by atoms with Crippen LogP contribution in [0.15, 0.2) is 12.7 Å². The molecule has 0 saturated carbocycles. The second kappa shape index (κ2) is 2.82. The average Bonchev–Trinajstić information content (AvgIpc) is 1.38. The smallest absolute Gasteiger partial charge is 0.00555 e. The van der Waals surface area contributed by atoms with Crippen LogP contribution >= 0.6 is 18.5 Å². The molecule has 0 amide bonds. The SMILES string of the molecule is C=CC(P)P. The van der Waals surface area contributed by atoms with Crippen LogP contribution < -0.4 is 0 Å². The summed E-state index contributed by atoms with van der Waals surface area (Å²) in [7, 11) is 5.16. The molecule has 0 saturated heterocycles. The highest BCUT2D eigenvalue weighted by Gasteiger charge is 1.73. The minimum absolute atomic E-state index is 0.481. The van der Waals surface area contributed by atoms with Crippen molar-refractivity contribution in [2.75, 3.05) is 0 Å². The maximum absolute atomic E-state index is 3.52. The van der Waals surface area contributed by atoms with Crippen LogP contribution in [0.4, 0.5) is 0 Å². The molecule has 2 atom stereocenters. The molecule has 0 aliphatic heterocycles. The van der Waals surface area contributed by atoms with Gasteiger partial charge in [0, 0.05) is 5.40 Å². The van der Waals surface area contributed by atoms with E-state index in [9.17, 15) is 0 Å². The standard InChI is InChI=1S/C3H8P2/c1-2-3(4)5/h2-3H,1,4-5H2. The summed E-state index contributed by atoms with van der Waals surface area (Å²) in [5.74, 6) is 0. The quantitative estimate of drug-likeness (QED) is 0.348. The van der Waals surface area contributed by atoms with E-state index in [-0.39, 0.29) is 0 Å². The molecule has 0 radical (unpaired) electrons. The molecule has 5 heavy (non-hydrogen) atoms.